The Hall–Kier alpha value is -2.50. The first-order valence-corrected chi connectivity index (χ1v) is 5.05. The van der Waals surface area contributed by atoms with Crippen molar-refractivity contribution < 1.29 is 13.6 Å². The number of nitrogens with zero attached hydrogens (tertiary/aromatic N) is 1. The zero-order valence-electron chi connectivity index (χ0n) is 9.15. The summed E-state index contributed by atoms with van der Waals surface area (Å²) in [5.74, 6) is -2.09. The van der Waals surface area contributed by atoms with E-state index < -0.39 is 17.5 Å². The van der Waals surface area contributed by atoms with Gasteiger partial charge in [-0.2, -0.15) is 0 Å². The number of nitrogens with one attached hydrogen (secondary N) is 1. The lowest BCUT2D eigenvalue weighted by Gasteiger charge is -2.07. The molecule has 1 aromatic heterocycles. The first-order chi connectivity index (χ1) is 8.58. The van der Waals surface area contributed by atoms with Gasteiger partial charge in [0.15, 0.2) is 5.69 Å². The normalized spacial score (nSPS) is 10.1. The molecule has 0 bridgehead atoms. The largest absolute Gasteiger partial charge is 0.397 e. The minimum Gasteiger partial charge on any atom is -0.397 e. The number of aromatic nitrogens is 1. The maximum atomic E-state index is 13.3. The lowest BCUT2D eigenvalue weighted by Crippen LogP contribution is -2.16. The van der Waals surface area contributed by atoms with Crippen LogP contribution in [0.25, 0.3) is 0 Å². The first-order valence-electron chi connectivity index (χ1n) is 5.05. The van der Waals surface area contributed by atoms with Gasteiger partial charge in [0.2, 0.25) is 0 Å². The molecule has 92 valence electrons. The minimum absolute atomic E-state index is 0.0406. The summed E-state index contributed by atoms with van der Waals surface area (Å²) in [6.07, 6.45) is 1.38. The molecule has 3 N–H and O–H groups in total. The van der Waals surface area contributed by atoms with Crippen molar-refractivity contribution in [2.45, 2.75) is 0 Å². The van der Waals surface area contributed by atoms with E-state index in [4.69, 9.17) is 5.73 Å². The highest BCUT2D eigenvalue weighted by Gasteiger charge is 2.13. The number of benzene rings is 1. The lowest BCUT2D eigenvalue weighted by molar-refractivity contribution is 0.102. The maximum Gasteiger partial charge on any atom is 0.276 e. The van der Waals surface area contributed by atoms with Crippen molar-refractivity contribution in [1.82, 2.24) is 4.98 Å². The summed E-state index contributed by atoms with van der Waals surface area (Å²) in [5, 5.41) is 2.21. The molecule has 0 spiro atoms. The molecular formula is C12H9F2N3O. The Kier molecular flexibility index (Phi) is 3.18. The number of nitrogens with two attached hydrogens (primary N) is 1. The fourth-order valence-electron chi connectivity index (χ4n) is 1.38. The molecule has 1 heterocycles. The van der Waals surface area contributed by atoms with Gasteiger partial charge >= 0.3 is 0 Å². The molecule has 0 fully saturated rings. The standard InChI is InChI=1S/C12H9F2N3O/c13-7-3-4-8(14)10(6-7)17-12(18)11-9(15)2-1-5-16-11/h1-6H,15H2,(H,17,18). The SMILES string of the molecule is Nc1cccnc1C(=O)Nc1cc(F)ccc1F. The Bertz CT molecular complexity index is 602. The number of amides is 1. The van der Waals surface area contributed by atoms with Gasteiger partial charge in [-0.15, -0.1) is 0 Å². The zero-order valence-corrected chi connectivity index (χ0v) is 9.15. The van der Waals surface area contributed by atoms with Crippen LogP contribution in [0.5, 0.6) is 0 Å². The molecule has 0 aliphatic rings. The van der Waals surface area contributed by atoms with Crippen molar-refractivity contribution in [3.63, 3.8) is 0 Å². The highest BCUT2D eigenvalue weighted by molar-refractivity contribution is 6.06. The third kappa shape index (κ3) is 2.42. The lowest BCUT2D eigenvalue weighted by atomic mass is 10.2. The van der Waals surface area contributed by atoms with Gasteiger partial charge in [0.05, 0.1) is 11.4 Å². The predicted molar refractivity (Wildman–Crippen MR) is 63.0 cm³/mol. The summed E-state index contributed by atoms with van der Waals surface area (Å²) >= 11 is 0. The predicted octanol–water partition coefficient (Wildman–Crippen LogP) is 2.19. The smallest absolute Gasteiger partial charge is 0.276 e. The van der Waals surface area contributed by atoms with Crippen molar-refractivity contribution >= 4 is 17.3 Å². The molecule has 0 saturated carbocycles. The van der Waals surface area contributed by atoms with Gasteiger partial charge in [0, 0.05) is 12.3 Å². The Labute approximate surface area is 101 Å². The quantitative estimate of drug-likeness (QED) is 0.857. The molecule has 0 atom stereocenters. The molecule has 4 nitrogen and oxygen atoms in total. The second-order valence-electron chi connectivity index (χ2n) is 3.52. The average molecular weight is 249 g/mol. The van der Waals surface area contributed by atoms with Gasteiger partial charge in [0.1, 0.15) is 11.6 Å². The van der Waals surface area contributed by atoms with Crippen LogP contribution in [0.15, 0.2) is 36.5 Å². The fraction of sp³-hybridized carbons (Fsp3) is 0. The van der Waals surface area contributed by atoms with E-state index in [1.807, 2.05) is 0 Å². The van der Waals surface area contributed by atoms with Gasteiger partial charge < -0.3 is 11.1 Å². The third-order valence-electron chi connectivity index (χ3n) is 2.23. The van der Waals surface area contributed by atoms with Gasteiger partial charge in [-0.25, -0.2) is 13.8 Å². The molecule has 1 amide bonds. The topological polar surface area (TPSA) is 68.0 Å². The molecule has 0 radical (unpaired) electrons. The number of hydrogen-bond donors (Lipinski definition) is 2. The van der Waals surface area contributed by atoms with Crippen LogP contribution >= 0.6 is 0 Å². The van der Waals surface area contributed by atoms with Crippen molar-refractivity contribution in [2.24, 2.45) is 0 Å². The Morgan fingerprint density at radius 3 is 2.78 bits per heavy atom. The van der Waals surface area contributed by atoms with E-state index in [9.17, 15) is 13.6 Å². The molecule has 0 unspecified atom stereocenters. The summed E-state index contributed by atoms with van der Waals surface area (Å²) in [6.45, 7) is 0. The van der Waals surface area contributed by atoms with E-state index in [1.54, 1.807) is 6.07 Å². The number of nitrogen functional groups attached to an aromatic ring is 1. The zero-order chi connectivity index (χ0) is 13.1. The molecule has 2 aromatic rings. The summed E-state index contributed by atoms with van der Waals surface area (Å²) in [6, 6.07) is 5.82. The molecular weight excluding hydrogens is 240 g/mol. The molecule has 1 aromatic carbocycles. The number of hydrogen-bond acceptors (Lipinski definition) is 3. The molecule has 0 aliphatic carbocycles. The number of rotatable bonds is 2. The number of anilines is 2. The fourth-order valence-corrected chi connectivity index (χ4v) is 1.38. The van der Waals surface area contributed by atoms with Crippen LogP contribution in [0.2, 0.25) is 0 Å². The van der Waals surface area contributed by atoms with Crippen LogP contribution in [-0.2, 0) is 0 Å². The maximum absolute atomic E-state index is 13.3. The molecule has 18 heavy (non-hydrogen) atoms. The van der Waals surface area contributed by atoms with Crippen LogP contribution in [0.1, 0.15) is 10.5 Å². The van der Waals surface area contributed by atoms with E-state index >= 15 is 0 Å². The number of pyridine rings is 1. The Morgan fingerprint density at radius 1 is 1.28 bits per heavy atom. The van der Waals surface area contributed by atoms with Crippen LogP contribution in [0, 0.1) is 11.6 Å². The summed E-state index contributed by atoms with van der Waals surface area (Å²) in [7, 11) is 0. The molecule has 2 rings (SSSR count). The van der Waals surface area contributed by atoms with Gasteiger partial charge in [-0.05, 0) is 24.3 Å². The monoisotopic (exact) mass is 249 g/mol. The molecule has 0 saturated heterocycles. The van der Waals surface area contributed by atoms with Crippen LogP contribution in [0.4, 0.5) is 20.2 Å². The van der Waals surface area contributed by atoms with Crippen molar-refractivity contribution in [1.29, 1.82) is 0 Å². The average Bonchev–Trinajstić information content (AvgIpc) is 2.34. The first kappa shape index (κ1) is 12.0. The van der Waals surface area contributed by atoms with E-state index in [1.165, 1.54) is 12.3 Å². The Morgan fingerprint density at radius 2 is 2.06 bits per heavy atom. The van der Waals surface area contributed by atoms with Crippen molar-refractivity contribution in [2.75, 3.05) is 11.1 Å². The summed E-state index contributed by atoms with van der Waals surface area (Å²) in [4.78, 5) is 15.5. The second kappa shape index (κ2) is 4.79. The van der Waals surface area contributed by atoms with E-state index in [2.05, 4.69) is 10.3 Å². The van der Waals surface area contributed by atoms with E-state index in [0.29, 0.717) is 0 Å². The third-order valence-corrected chi connectivity index (χ3v) is 2.23. The van der Waals surface area contributed by atoms with Gasteiger partial charge in [-0.1, -0.05) is 0 Å². The highest BCUT2D eigenvalue weighted by Crippen LogP contribution is 2.17. The number of carbonyl (C=O) groups is 1. The van der Waals surface area contributed by atoms with Crippen molar-refractivity contribution in [3.05, 3.63) is 53.9 Å². The van der Waals surface area contributed by atoms with Crippen molar-refractivity contribution in [3.8, 4) is 0 Å². The van der Waals surface area contributed by atoms with Gasteiger partial charge in [-0.3, -0.25) is 4.79 Å². The highest BCUT2D eigenvalue weighted by atomic mass is 19.1. The summed E-state index contributed by atoms with van der Waals surface area (Å²) in [5.41, 5.74) is 5.41. The number of halogens is 2. The number of carbonyl (C=O) groups excluding carboxylic acids is 1. The molecule has 0 aliphatic heterocycles. The summed E-state index contributed by atoms with van der Waals surface area (Å²) < 4.78 is 26.2. The molecule has 6 heteroatoms. The Balaban J connectivity index is 2.27. The second-order valence-corrected chi connectivity index (χ2v) is 3.52. The van der Waals surface area contributed by atoms with E-state index in [-0.39, 0.29) is 17.1 Å². The van der Waals surface area contributed by atoms with Crippen LogP contribution in [0.3, 0.4) is 0 Å². The van der Waals surface area contributed by atoms with Gasteiger partial charge in [0.25, 0.3) is 5.91 Å². The van der Waals surface area contributed by atoms with E-state index in [0.717, 1.165) is 18.2 Å². The van der Waals surface area contributed by atoms with Crippen LogP contribution in [-0.4, -0.2) is 10.9 Å². The van der Waals surface area contributed by atoms with Crippen LogP contribution < -0.4 is 11.1 Å². The minimum atomic E-state index is -0.737.